The topological polar surface area (TPSA) is 62.1 Å². The summed E-state index contributed by atoms with van der Waals surface area (Å²) in [4.78, 5) is 12.0. The molecule has 0 spiro atoms. The van der Waals surface area contributed by atoms with Crippen LogP contribution in [0, 0.1) is 17.1 Å². The highest BCUT2D eigenvalue weighted by atomic mass is 19.1. The molecule has 2 rings (SSSR count). The average Bonchev–Trinajstić information content (AvgIpc) is 2.54. The van der Waals surface area contributed by atoms with E-state index in [0.717, 1.165) is 0 Å². The zero-order chi connectivity index (χ0) is 15.9. The van der Waals surface area contributed by atoms with E-state index >= 15 is 0 Å². The number of amides is 1. The molecule has 0 aromatic heterocycles. The van der Waals surface area contributed by atoms with E-state index in [1.165, 1.54) is 6.07 Å². The molecule has 1 atom stereocenters. The van der Waals surface area contributed by atoms with Gasteiger partial charge in [0.15, 0.2) is 6.10 Å². The number of nitrogens with zero attached hydrogens (tertiary/aromatic N) is 1. The van der Waals surface area contributed by atoms with E-state index in [2.05, 4.69) is 5.32 Å². The van der Waals surface area contributed by atoms with Crippen LogP contribution >= 0.6 is 0 Å². The first-order chi connectivity index (χ1) is 10.6. The van der Waals surface area contributed by atoms with Crippen molar-refractivity contribution in [2.75, 3.05) is 0 Å². The maximum atomic E-state index is 13.5. The fourth-order valence-corrected chi connectivity index (χ4v) is 1.87. The molecule has 0 heterocycles. The number of carbonyl (C=O) groups excluding carboxylic acids is 1. The maximum Gasteiger partial charge on any atom is 0.261 e. The lowest BCUT2D eigenvalue weighted by atomic mass is 10.2. The lowest BCUT2D eigenvalue weighted by Crippen LogP contribution is -2.36. The van der Waals surface area contributed by atoms with Crippen LogP contribution in [0.4, 0.5) is 4.39 Å². The highest BCUT2D eigenvalue weighted by molar-refractivity contribution is 5.80. The van der Waals surface area contributed by atoms with Crippen molar-refractivity contribution in [3.63, 3.8) is 0 Å². The average molecular weight is 298 g/mol. The number of nitriles is 1. The van der Waals surface area contributed by atoms with Gasteiger partial charge in [-0.25, -0.2) is 4.39 Å². The highest BCUT2D eigenvalue weighted by Crippen LogP contribution is 2.18. The summed E-state index contributed by atoms with van der Waals surface area (Å²) in [6, 6.07) is 14.9. The molecule has 1 N–H and O–H groups in total. The van der Waals surface area contributed by atoms with Crippen LogP contribution in [0.1, 0.15) is 18.1 Å². The molecule has 0 saturated carbocycles. The summed E-state index contributed by atoms with van der Waals surface area (Å²) < 4.78 is 19.0. The molecule has 4 nitrogen and oxygen atoms in total. The van der Waals surface area contributed by atoms with Crippen LogP contribution in [0.3, 0.4) is 0 Å². The van der Waals surface area contributed by atoms with Gasteiger partial charge in [0, 0.05) is 12.1 Å². The lowest BCUT2D eigenvalue weighted by Gasteiger charge is -2.15. The third-order valence-corrected chi connectivity index (χ3v) is 3.09. The van der Waals surface area contributed by atoms with Crippen LogP contribution in [0.5, 0.6) is 5.75 Å². The largest absolute Gasteiger partial charge is 0.480 e. The van der Waals surface area contributed by atoms with Crippen LogP contribution < -0.4 is 10.1 Å². The Morgan fingerprint density at radius 3 is 2.68 bits per heavy atom. The third-order valence-electron chi connectivity index (χ3n) is 3.09. The summed E-state index contributed by atoms with van der Waals surface area (Å²) in [5, 5.41) is 11.6. The molecule has 0 radical (unpaired) electrons. The molecular weight excluding hydrogens is 283 g/mol. The summed E-state index contributed by atoms with van der Waals surface area (Å²) in [5.41, 5.74) is 0.761. The van der Waals surface area contributed by atoms with Gasteiger partial charge in [0.05, 0.1) is 5.56 Å². The van der Waals surface area contributed by atoms with E-state index in [-0.39, 0.29) is 18.3 Å². The van der Waals surface area contributed by atoms with Crippen molar-refractivity contribution in [3.8, 4) is 11.8 Å². The quantitative estimate of drug-likeness (QED) is 0.923. The van der Waals surface area contributed by atoms with E-state index in [0.29, 0.717) is 16.9 Å². The van der Waals surface area contributed by atoms with Crippen molar-refractivity contribution in [3.05, 3.63) is 65.5 Å². The molecule has 0 bridgehead atoms. The SMILES string of the molecule is CC(Oc1ccccc1C#N)C(=O)NCc1ccccc1F. The molecule has 112 valence electrons. The van der Waals surface area contributed by atoms with Crippen LogP contribution in [-0.4, -0.2) is 12.0 Å². The zero-order valence-electron chi connectivity index (χ0n) is 12.0. The number of benzene rings is 2. The molecule has 0 aliphatic rings. The summed E-state index contributed by atoms with van der Waals surface area (Å²) in [5.74, 6) is -0.402. The standard InChI is InChI=1S/C17H15FN2O2/c1-12(22-16-9-5-3-6-13(16)10-19)17(21)20-11-14-7-2-4-8-15(14)18/h2-9,12H,11H2,1H3,(H,20,21). The van der Waals surface area contributed by atoms with Crippen molar-refractivity contribution in [2.45, 2.75) is 19.6 Å². The van der Waals surface area contributed by atoms with Gasteiger partial charge in [-0.1, -0.05) is 30.3 Å². The van der Waals surface area contributed by atoms with Gasteiger partial charge in [-0.05, 0) is 25.1 Å². The van der Waals surface area contributed by atoms with Crippen molar-refractivity contribution < 1.29 is 13.9 Å². The monoisotopic (exact) mass is 298 g/mol. The fourth-order valence-electron chi connectivity index (χ4n) is 1.87. The molecule has 0 fully saturated rings. The Kier molecular flexibility index (Phi) is 5.10. The first kappa shape index (κ1) is 15.5. The second-order valence-electron chi connectivity index (χ2n) is 4.68. The number of nitrogens with one attached hydrogen (secondary N) is 1. The number of hydrogen-bond acceptors (Lipinski definition) is 3. The van der Waals surface area contributed by atoms with Gasteiger partial charge in [0.25, 0.3) is 5.91 Å². The van der Waals surface area contributed by atoms with E-state index < -0.39 is 6.10 Å². The Balaban J connectivity index is 1.95. The van der Waals surface area contributed by atoms with Crippen molar-refractivity contribution in [1.82, 2.24) is 5.32 Å². The van der Waals surface area contributed by atoms with Crippen LogP contribution in [0.15, 0.2) is 48.5 Å². The molecule has 2 aromatic carbocycles. The summed E-state index contributed by atoms with van der Waals surface area (Å²) in [7, 11) is 0. The minimum absolute atomic E-state index is 0.0824. The molecule has 2 aromatic rings. The van der Waals surface area contributed by atoms with Gasteiger partial charge in [-0.2, -0.15) is 5.26 Å². The van der Waals surface area contributed by atoms with Gasteiger partial charge in [0.2, 0.25) is 0 Å². The fraction of sp³-hybridized carbons (Fsp3) is 0.176. The zero-order valence-corrected chi connectivity index (χ0v) is 12.0. The maximum absolute atomic E-state index is 13.5. The molecule has 0 aliphatic heterocycles. The number of carbonyl (C=O) groups is 1. The first-order valence-electron chi connectivity index (χ1n) is 6.78. The van der Waals surface area contributed by atoms with Crippen molar-refractivity contribution >= 4 is 5.91 Å². The van der Waals surface area contributed by atoms with Crippen LogP contribution in [0.2, 0.25) is 0 Å². The summed E-state index contributed by atoms with van der Waals surface area (Å²) in [6.45, 7) is 1.66. The highest BCUT2D eigenvalue weighted by Gasteiger charge is 2.16. The Hall–Kier alpha value is -2.87. The van der Waals surface area contributed by atoms with Gasteiger partial charge in [0.1, 0.15) is 17.6 Å². The summed E-state index contributed by atoms with van der Waals surface area (Å²) >= 11 is 0. The van der Waals surface area contributed by atoms with E-state index in [4.69, 9.17) is 10.00 Å². The Morgan fingerprint density at radius 2 is 1.95 bits per heavy atom. The molecule has 1 unspecified atom stereocenters. The third kappa shape index (κ3) is 3.83. The predicted octanol–water partition coefficient (Wildman–Crippen LogP) is 2.78. The van der Waals surface area contributed by atoms with Gasteiger partial charge >= 0.3 is 0 Å². The molecule has 22 heavy (non-hydrogen) atoms. The van der Waals surface area contributed by atoms with Gasteiger partial charge in [-0.15, -0.1) is 0 Å². The van der Waals surface area contributed by atoms with Crippen LogP contribution in [-0.2, 0) is 11.3 Å². The van der Waals surface area contributed by atoms with E-state index in [9.17, 15) is 9.18 Å². The Morgan fingerprint density at radius 1 is 1.27 bits per heavy atom. The molecule has 1 amide bonds. The normalized spacial score (nSPS) is 11.3. The van der Waals surface area contributed by atoms with Gasteiger partial charge in [-0.3, -0.25) is 4.79 Å². The smallest absolute Gasteiger partial charge is 0.261 e. The number of para-hydroxylation sites is 1. The number of halogens is 1. The molecule has 0 aliphatic carbocycles. The van der Waals surface area contributed by atoms with Crippen molar-refractivity contribution in [2.24, 2.45) is 0 Å². The van der Waals surface area contributed by atoms with Crippen LogP contribution in [0.25, 0.3) is 0 Å². The number of ether oxygens (including phenoxy) is 1. The second-order valence-corrected chi connectivity index (χ2v) is 4.68. The lowest BCUT2D eigenvalue weighted by molar-refractivity contribution is -0.127. The first-order valence-corrected chi connectivity index (χ1v) is 6.78. The van der Waals surface area contributed by atoms with Gasteiger partial charge < -0.3 is 10.1 Å². The Labute approximate surface area is 128 Å². The summed E-state index contributed by atoms with van der Waals surface area (Å²) in [6.07, 6.45) is -0.790. The number of hydrogen-bond donors (Lipinski definition) is 1. The minimum Gasteiger partial charge on any atom is -0.480 e. The van der Waals surface area contributed by atoms with E-state index in [1.54, 1.807) is 49.4 Å². The van der Waals surface area contributed by atoms with E-state index in [1.807, 2.05) is 6.07 Å². The molecular formula is C17H15FN2O2. The Bertz CT molecular complexity index is 710. The molecule has 5 heteroatoms. The van der Waals surface area contributed by atoms with Crippen molar-refractivity contribution in [1.29, 1.82) is 5.26 Å². The minimum atomic E-state index is -0.790. The number of rotatable bonds is 5. The molecule has 0 saturated heterocycles. The predicted molar refractivity (Wildman–Crippen MR) is 79.5 cm³/mol. The second kappa shape index (κ2) is 7.23.